The number of nitrogens with one attached hydrogen (secondary N) is 2. The highest BCUT2D eigenvalue weighted by molar-refractivity contribution is 7.90. The zero-order valence-corrected chi connectivity index (χ0v) is 17.6. The maximum absolute atomic E-state index is 14.6. The maximum Gasteiger partial charge on any atom is 0.255 e. The Kier molecular flexibility index (Phi) is 6.56. The number of anilines is 1. The summed E-state index contributed by atoms with van der Waals surface area (Å²) in [5.74, 6) is -3.56. The number of carbonyl (C=O) groups excluding carboxylic acids is 2. The van der Waals surface area contributed by atoms with Gasteiger partial charge in [-0.05, 0) is 31.0 Å². The molecule has 0 bridgehead atoms. The van der Waals surface area contributed by atoms with Gasteiger partial charge in [0.05, 0.1) is 23.2 Å². The molecule has 11 heteroatoms. The first kappa shape index (κ1) is 22.6. The van der Waals surface area contributed by atoms with Gasteiger partial charge in [0.2, 0.25) is 11.8 Å². The van der Waals surface area contributed by atoms with Gasteiger partial charge in [0.25, 0.3) is 5.56 Å². The number of pyridine rings is 1. The second kappa shape index (κ2) is 8.98. The third kappa shape index (κ3) is 5.56. The van der Waals surface area contributed by atoms with Crippen LogP contribution in [0, 0.1) is 17.7 Å². The highest BCUT2D eigenvalue weighted by atomic mass is 32.2. The van der Waals surface area contributed by atoms with Gasteiger partial charge in [-0.3, -0.25) is 19.0 Å². The molecule has 0 saturated heterocycles. The first-order valence-corrected chi connectivity index (χ1v) is 11.6. The molecule has 1 aliphatic rings. The van der Waals surface area contributed by atoms with E-state index in [2.05, 4.69) is 10.6 Å². The number of primary amides is 1. The number of hydrogen-bond donors (Lipinski definition) is 3. The number of nitrogens with two attached hydrogens (primary N) is 1. The summed E-state index contributed by atoms with van der Waals surface area (Å²) in [6, 6.07) is 7.96. The molecule has 166 valence electrons. The number of rotatable bonds is 7. The minimum atomic E-state index is -3.32. The molecule has 3 unspecified atom stereocenters. The number of sulfone groups is 1. The second-order valence-electron chi connectivity index (χ2n) is 7.62. The molecular weight excluding hydrogens is 427 g/mol. The Morgan fingerprint density at radius 3 is 2.58 bits per heavy atom. The fraction of sp³-hybridized carbons (Fsp3) is 0.350. The SMILES string of the molecule is CS(=O)(=O)CNC1CC(C(=O)Nc2ccc(-n3ccccc3=O)cc2F)CC1C(N)=O. The van der Waals surface area contributed by atoms with Crippen LogP contribution in [-0.4, -0.2) is 43.0 Å². The van der Waals surface area contributed by atoms with Crippen LogP contribution in [0.4, 0.5) is 10.1 Å². The second-order valence-corrected chi connectivity index (χ2v) is 9.76. The minimum absolute atomic E-state index is 0.0686. The van der Waals surface area contributed by atoms with E-state index >= 15 is 0 Å². The summed E-state index contributed by atoms with van der Waals surface area (Å²) in [6.07, 6.45) is 2.87. The summed E-state index contributed by atoms with van der Waals surface area (Å²) < 4.78 is 38.6. The van der Waals surface area contributed by atoms with E-state index in [1.807, 2.05) is 0 Å². The molecule has 0 spiro atoms. The third-order valence-electron chi connectivity index (χ3n) is 5.22. The van der Waals surface area contributed by atoms with Crippen LogP contribution < -0.4 is 21.9 Å². The van der Waals surface area contributed by atoms with Crippen molar-refractivity contribution >= 4 is 27.3 Å². The van der Waals surface area contributed by atoms with Crippen molar-refractivity contribution in [2.45, 2.75) is 18.9 Å². The summed E-state index contributed by atoms with van der Waals surface area (Å²) in [7, 11) is -3.32. The van der Waals surface area contributed by atoms with Crippen molar-refractivity contribution in [2.75, 3.05) is 17.4 Å². The normalized spacial score (nSPS) is 21.0. The third-order valence-corrected chi connectivity index (χ3v) is 5.91. The van der Waals surface area contributed by atoms with Gasteiger partial charge in [-0.1, -0.05) is 6.07 Å². The fourth-order valence-corrected chi connectivity index (χ4v) is 4.20. The predicted molar refractivity (Wildman–Crippen MR) is 113 cm³/mol. The Balaban J connectivity index is 1.71. The van der Waals surface area contributed by atoms with E-state index in [-0.39, 0.29) is 30.0 Å². The lowest BCUT2D eigenvalue weighted by molar-refractivity contribution is -0.122. The summed E-state index contributed by atoms with van der Waals surface area (Å²) in [5, 5.41) is 5.27. The average molecular weight is 450 g/mol. The molecule has 1 aromatic carbocycles. The average Bonchev–Trinajstić information content (AvgIpc) is 3.13. The van der Waals surface area contributed by atoms with E-state index < -0.39 is 45.3 Å². The number of carbonyl (C=O) groups is 2. The van der Waals surface area contributed by atoms with Crippen LogP contribution in [0.2, 0.25) is 0 Å². The Bertz CT molecular complexity index is 1160. The van der Waals surface area contributed by atoms with Crippen LogP contribution in [0.3, 0.4) is 0 Å². The fourth-order valence-electron chi connectivity index (χ4n) is 3.68. The van der Waals surface area contributed by atoms with Crippen molar-refractivity contribution in [3.63, 3.8) is 0 Å². The molecule has 4 N–H and O–H groups in total. The number of amides is 2. The molecule has 0 radical (unpaired) electrons. The number of benzene rings is 1. The van der Waals surface area contributed by atoms with Gasteiger partial charge < -0.3 is 16.4 Å². The van der Waals surface area contributed by atoms with E-state index in [0.717, 1.165) is 12.3 Å². The number of halogens is 1. The molecule has 1 saturated carbocycles. The van der Waals surface area contributed by atoms with E-state index in [4.69, 9.17) is 5.73 Å². The smallest absolute Gasteiger partial charge is 0.255 e. The summed E-state index contributed by atoms with van der Waals surface area (Å²) in [4.78, 5) is 36.3. The molecule has 2 amide bonds. The first-order valence-electron chi connectivity index (χ1n) is 9.54. The molecule has 3 rings (SSSR count). The molecular formula is C20H23FN4O5S. The van der Waals surface area contributed by atoms with Crippen molar-refractivity contribution in [2.24, 2.45) is 17.6 Å². The lowest BCUT2D eigenvalue weighted by atomic mass is 10.0. The molecule has 2 aromatic rings. The Morgan fingerprint density at radius 2 is 1.97 bits per heavy atom. The molecule has 0 aliphatic heterocycles. The zero-order chi connectivity index (χ0) is 22.8. The largest absolute Gasteiger partial charge is 0.369 e. The van der Waals surface area contributed by atoms with Crippen LogP contribution in [0.1, 0.15) is 12.8 Å². The Labute approximate surface area is 178 Å². The van der Waals surface area contributed by atoms with E-state index in [9.17, 15) is 27.2 Å². The van der Waals surface area contributed by atoms with Crippen LogP contribution in [0.25, 0.3) is 5.69 Å². The Hall–Kier alpha value is -3.05. The summed E-state index contributed by atoms with van der Waals surface area (Å²) in [6.45, 7) is 0. The molecule has 9 nitrogen and oxygen atoms in total. The zero-order valence-electron chi connectivity index (χ0n) is 16.7. The molecule has 1 aliphatic carbocycles. The van der Waals surface area contributed by atoms with Gasteiger partial charge in [-0.15, -0.1) is 0 Å². The van der Waals surface area contributed by atoms with Gasteiger partial charge >= 0.3 is 0 Å². The van der Waals surface area contributed by atoms with E-state index in [1.54, 1.807) is 12.1 Å². The lowest BCUT2D eigenvalue weighted by Gasteiger charge is -2.17. The van der Waals surface area contributed by atoms with Crippen molar-refractivity contribution in [3.05, 3.63) is 58.8 Å². The molecule has 31 heavy (non-hydrogen) atoms. The van der Waals surface area contributed by atoms with Crippen LogP contribution in [0.15, 0.2) is 47.4 Å². The monoisotopic (exact) mass is 450 g/mol. The van der Waals surface area contributed by atoms with Crippen molar-refractivity contribution in [1.29, 1.82) is 0 Å². The molecule has 1 fully saturated rings. The number of aromatic nitrogens is 1. The van der Waals surface area contributed by atoms with Crippen LogP contribution in [0.5, 0.6) is 0 Å². The van der Waals surface area contributed by atoms with Gasteiger partial charge in [0, 0.05) is 36.5 Å². The minimum Gasteiger partial charge on any atom is -0.369 e. The molecule has 1 heterocycles. The highest BCUT2D eigenvalue weighted by Gasteiger charge is 2.41. The molecule has 3 atom stereocenters. The quantitative estimate of drug-likeness (QED) is 0.557. The van der Waals surface area contributed by atoms with Crippen molar-refractivity contribution in [3.8, 4) is 5.69 Å². The number of hydrogen-bond acceptors (Lipinski definition) is 6. The van der Waals surface area contributed by atoms with Gasteiger partial charge in [0.15, 0.2) is 9.84 Å². The Morgan fingerprint density at radius 1 is 1.23 bits per heavy atom. The topological polar surface area (TPSA) is 140 Å². The van der Waals surface area contributed by atoms with Gasteiger partial charge in [0.1, 0.15) is 5.82 Å². The van der Waals surface area contributed by atoms with Crippen LogP contribution >= 0.6 is 0 Å². The predicted octanol–water partition coefficient (Wildman–Crippen LogP) is 0.387. The maximum atomic E-state index is 14.6. The first-order chi connectivity index (χ1) is 14.5. The van der Waals surface area contributed by atoms with Gasteiger partial charge in [-0.2, -0.15) is 0 Å². The van der Waals surface area contributed by atoms with Crippen molar-refractivity contribution < 1.29 is 22.4 Å². The summed E-state index contributed by atoms with van der Waals surface area (Å²) in [5.41, 5.74) is 5.32. The van der Waals surface area contributed by atoms with Crippen LogP contribution in [-0.2, 0) is 19.4 Å². The lowest BCUT2D eigenvalue weighted by Crippen LogP contribution is -2.41. The summed E-state index contributed by atoms with van der Waals surface area (Å²) >= 11 is 0. The van der Waals surface area contributed by atoms with Gasteiger partial charge in [-0.25, -0.2) is 12.8 Å². The van der Waals surface area contributed by atoms with Crippen molar-refractivity contribution in [1.82, 2.24) is 9.88 Å². The molecule has 1 aromatic heterocycles. The van der Waals surface area contributed by atoms with E-state index in [0.29, 0.717) is 5.69 Å². The number of nitrogens with zero attached hydrogens (tertiary/aromatic N) is 1. The standard InChI is InChI=1S/C20H23FN4O5S/c1-31(29,30)11-23-17-9-12(8-14(17)19(22)27)20(28)24-16-6-5-13(10-15(16)21)25-7-3-2-4-18(25)26/h2-7,10,12,14,17,23H,8-9,11H2,1H3,(H2,22,27)(H,24,28). The highest BCUT2D eigenvalue weighted by Crippen LogP contribution is 2.32. The van der Waals surface area contributed by atoms with E-state index in [1.165, 1.54) is 29.0 Å².